The number of carbonyl (C=O) groups excluding carboxylic acids is 4. The molecule has 0 radical (unpaired) electrons. The first-order chi connectivity index (χ1) is 17.0. The van der Waals surface area contributed by atoms with E-state index in [0.29, 0.717) is 0 Å². The van der Waals surface area contributed by atoms with Gasteiger partial charge in [0, 0.05) is 18.9 Å². The molecular weight excluding hydrogens is 466 g/mol. The molecule has 0 aliphatic carbocycles. The predicted octanol–water partition coefficient (Wildman–Crippen LogP) is 2.05. The number of aliphatic hydroxyl groups excluding tert-OH is 1. The Balaban J connectivity index is 2.25. The van der Waals surface area contributed by atoms with Crippen molar-refractivity contribution < 1.29 is 33.4 Å². The number of nitrogens with zero attached hydrogens (tertiary/aromatic N) is 1. The van der Waals surface area contributed by atoms with Crippen LogP contribution in [0.4, 0.5) is 0 Å². The molecule has 0 saturated carbocycles. The van der Waals surface area contributed by atoms with E-state index in [9.17, 15) is 24.3 Å². The zero-order valence-electron chi connectivity index (χ0n) is 21.3. The minimum atomic E-state index is -1.01. The maximum absolute atomic E-state index is 12.7. The molecule has 1 aromatic heterocycles. The van der Waals surface area contributed by atoms with Crippen LogP contribution in [0.3, 0.4) is 0 Å². The molecule has 0 spiro atoms. The molecule has 1 aromatic rings. The lowest BCUT2D eigenvalue weighted by molar-refractivity contribution is -0.155. The van der Waals surface area contributed by atoms with Crippen molar-refractivity contribution in [1.29, 1.82) is 0 Å². The number of carbonyl (C=O) groups is 4. The van der Waals surface area contributed by atoms with E-state index in [1.165, 1.54) is 19.1 Å². The number of cyclic esters (lactones) is 1. The van der Waals surface area contributed by atoms with E-state index in [2.05, 4.69) is 15.6 Å². The van der Waals surface area contributed by atoms with E-state index in [0.717, 1.165) is 11.8 Å². The summed E-state index contributed by atoms with van der Waals surface area (Å²) in [4.78, 5) is 53.7. The third kappa shape index (κ3) is 9.26. The van der Waals surface area contributed by atoms with Crippen LogP contribution in [0, 0.1) is 11.8 Å². The van der Waals surface area contributed by atoms with Gasteiger partial charge in [0.1, 0.15) is 24.2 Å². The highest BCUT2D eigenvalue weighted by Gasteiger charge is 2.28. The summed E-state index contributed by atoms with van der Waals surface area (Å²) in [6, 6.07) is -0.974. The molecule has 1 aliphatic rings. The fourth-order valence-electron chi connectivity index (χ4n) is 3.62. The first-order valence-corrected chi connectivity index (χ1v) is 11.9. The summed E-state index contributed by atoms with van der Waals surface area (Å²) < 4.78 is 10.9. The van der Waals surface area contributed by atoms with Gasteiger partial charge in [0.2, 0.25) is 11.8 Å². The molecular formula is C26H35N3O7. The second-order valence-electron chi connectivity index (χ2n) is 9.23. The van der Waals surface area contributed by atoms with Crippen LogP contribution in [0.2, 0.25) is 0 Å². The van der Waals surface area contributed by atoms with Gasteiger partial charge in [-0.25, -0.2) is 9.78 Å². The third-order valence-electron chi connectivity index (χ3n) is 5.48. The molecule has 0 saturated heterocycles. The van der Waals surface area contributed by atoms with E-state index in [-0.39, 0.29) is 54.5 Å². The number of oxazole rings is 1. The number of amides is 2. The van der Waals surface area contributed by atoms with Crippen molar-refractivity contribution in [3.8, 4) is 0 Å². The Bertz CT molecular complexity index is 1040. The number of nitrogens with one attached hydrogen (secondary N) is 2. The van der Waals surface area contributed by atoms with Crippen molar-refractivity contribution in [1.82, 2.24) is 15.6 Å². The standard InChI is InChI=1S/C26H35N3O7/c1-15(2)24-17(4)8-9-22(32)27-10-6-7-16(3)11-19(30)12-20(31)13-23-29-21(14-35-23)25(33)28-18(5)26(34)36-24/h6-9,11,14-15,17-19,24,30H,10,12-13H2,1-5H3,(H,27,32)(H,28,33)/b7-6+,9-8-,16-11+. The summed E-state index contributed by atoms with van der Waals surface area (Å²) in [5.41, 5.74) is 0.637. The molecule has 3 N–H and O–H groups in total. The topological polar surface area (TPSA) is 148 Å². The van der Waals surface area contributed by atoms with Crippen LogP contribution in [-0.4, -0.2) is 58.5 Å². The number of hydrogen-bond donors (Lipinski definition) is 3. The monoisotopic (exact) mass is 501 g/mol. The van der Waals surface area contributed by atoms with Crippen LogP contribution in [0.5, 0.6) is 0 Å². The molecule has 1 aliphatic heterocycles. The van der Waals surface area contributed by atoms with Gasteiger partial charge in [-0.3, -0.25) is 14.4 Å². The van der Waals surface area contributed by atoms with Gasteiger partial charge >= 0.3 is 5.97 Å². The van der Waals surface area contributed by atoms with E-state index in [1.54, 1.807) is 25.2 Å². The minimum Gasteiger partial charge on any atom is -0.460 e. The number of esters is 1. The molecule has 4 unspecified atom stereocenters. The van der Waals surface area contributed by atoms with Crippen LogP contribution >= 0.6 is 0 Å². The van der Waals surface area contributed by atoms with Crippen molar-refractivity contribution in [2.75, 3.05) is 6.54 Å². The molecule has 2 bridgehead atoms. The molecule has 2 amide bonds. The van der Waals surface area contributed by atoms with Gasteiger partial charge in [-0.15, -0.1) is 0 Å². The van der Waals surface area contributed by atoms with Gasteiger partial charge in [0.05, 0.1) is 12.5 Å². The fourth-order valence-corrected chi connectivity index (χ4v) is 3.62. The highest BCUT2D eigenvalue weighted by atomic mass is 16.5. The largest absolute Gasteiger partial charge is 0.460 e. The van der Waals surface area contributed by atoms with E-state index < -0.39 is 30.1 Å². The Hall–Kier alpha value is -3.53. The van der Waals surface area contributed by atoms with Crippen LogP contribution in [0.25, 0.3) is 0 Å². The van der Waals surface area contributed by atoms with E-state index in [1.807, 2.05) is 20.8 Å². The second kappa shape index (κ2) is 13.5. The van der Waals surface area contributed by atoms with Crippen molar-refractivity contribution in [2.24, 2.45) is 11.8 Å². The van der Waals surface area contributed by atoms with Crippen molar-refractivity contribution in [3.05, 3.63) is 53.8 Å². The lowest BCUT2D eigenvalue weighted by Gasteiger charge is -2.27. The Morgan fingerprint density at radius 2 is 1.86 bits per heavy atom. The molecule has 2 rings (SSSR count). The van der Waals surface area contributed by atoms with Gasteiger partial charge < -0.3 is 24.9 Å². The molecule has 0 aromatic carbocycles. The van der Waals surface area contributed by atoms with Gasteiger partial charge in [0.25, 0.3) is 5.91 Å². The lowest BCUT2D eigenvalue weighted by Crippen LogP contribution is -2.42. The Morgan fingerprint density at radius 1 is 1.14 bits per heavy atom. The number of rotatable bonds is 1. The highest BCUT2D eigenvalue weighted by molar-refractivity contribution is 5.95. The van der Waals surface area contributed by atoms with Crippen molar-refractivity contribution >= 4 is 23.6 Å². The van der Waals surface area contributed by atoms with Crippen molar-refractivity contribution in [2.45, 2.75) is 65.7 Å². The Labute approximate surface area is 210 Å². The molecule has 0 fully saturated rings. The predicted molar refractivity (Wildman–Crippen MR) is 132 cm³/mol. The van der Waals surface area contributed by atoms with E-state index in [4.69, 9.17) is 9.15 Å². The molecule has 36 heavy (non-hydrogen) atoms. The first-order valence-electron chi connectivity index (χ1n) is 11.9. The number of fused-ring (bicyclic) bond motifs is 2. The van der Waals surface area contributed by atoms with Crippen LogP contribution < -0.4 is 10.6 Å². The normalized spacial score (nSPS) is 28.9. The number of aliphatic hydroxyl groups is 1. The van der Waals surface area contributed by atoms with Crippen LogP contribution in [0.1, 0.15) is 57.4 Å². The number of allylic oxidation sites excluding steroid dienone is 2. The van der Waals surface area contributed by atoms with Crippen molar-refractivity contribution in [3.63, 3.8) is 0 Å². The number of Topliss-reactive ketones (excluding diaryl/α,β-unsaturated/α-hetero) is 1. The zero-order chi connectivity index (χ0) is 26.8. The van der Waals surface area contributed by atoms with Crippen LogP contribution in [0.15, 0.2) is 46.6 Å². The van der Waals surface area contributed by atoms with Gasteiger partial charge in [-0.2, -0.15) is 0 Å². The third-order valence-corrected chi connectivity index (χ3v) is 5.48. The quantitative estimate of drug-likeness (QED) is 0.495. The number of ether oxygens (including phenoxy) is 1. The van der Waals surface area contributed by atoms with Gasteiger partial charge in [-0.05, 0) is 25.8 Å². The average Bonchev–Trinajstić information content (AvgIpc) is 3.25. The maximum atomic E-state index is 12.7. The summed E-state index contributed by atoms with van der Waals surface area (Å²) >= 11 is 0. The molecule has 10 nitrogen and oxygen atoms in total. The van der Waals surface area contributed by atoms with E-state index >= 15 is 0 Å². The van der Waals surface area contributed by atoms with Gasteiger partial charge in [0.15, 0.2) is 5.69 Å². The summed E-state index contributed by atoms with van der Waals surface area (Å²) in [5.74, 6) is -2.20. The fraction of sp³-hybridized carbons (Fsp3) is 0.500. The first kappa shape index (κ1) is 28.7. The number of aromatic nitrogens is 1. The SMILES string of the molecule is CC1=C\C(O)CC(=O)Cc2nc(co2)C(=O)NC(C)C(=O)OC(C(C)C)C(C)/C=C\C(=O)NC\C=C\1. The average molecular weight is 502 g/mol. The van der Waals surface area contributed by atoms with Crippen LogP contribution in [-0.2, 0) is 25.5 Å². The minimum absolute atomic E-state index is 0.0304. The Morgan fingerprint density at radius 3 is 2.56 bits per heavy atom. The molecule has 2 heterocycles. The zero-order valence-corrected chi connectivity index (χ0v) is 21.3. The highest BCUT2D eigenvalue weighted by Crippen LogP contribution is 2.19. The molecule has 10 heteroatoms. The molecule has 4 atom stereocenters. The summed E-state index contributed by atoms with van der Waals surface area (Å²) in [5, 5.41) is 15.4. The summed E-state index contributed by atoms with van der Waals surface area (Å²) in [6.07, 6.45) is 7.27. The number of ketones is 1. The second-order valence-corrected chi connectivity index (χ2v) is 9.23. The summed E-state index contributed by atoms with van der Waals surface area (Å²) in [6.45, 7) is 9.15. The summed E-state index contributed by atoms with van der Waals surface area (Å²) in [7, 11) is 0. The van der Waals surface area contributed by atoms with Gasteiger partial charge in [-0.1, -0.05) is 50.6 Å². The molecule has 196 valence electrons. The Kier molecular flexibility index (Phi) is 10.8. The lowest BCUT2D eigenvalue weighted by atomic mass is 9.94. The number of hydrogen-bond acceptors (Lipinski definition) is 8. The maximum Gasteiger partial charge on any atom is 0.328 e. The smallest absolute Gasteiger partial charge is 0.328 e.